The van der Waals surface area contributed by atoms with Crippen molar-refractivity contribution in [1.29, 1.82) is 0 Å². The maximum absolute atomic E-state index is 4.52. The number of hydrogen-bond donors (Lipinski definition) is 0. The van der Waals surface area contributed by atoms with Crippen LogP contribution in [-0.2, 0) is 12.5 Å². The Hall–Kier alpha value is -2.17. The van der Waals surface area contributed by atoms with Gasteiger partial charge in [-0.05, 0) is 6.07 Å². The van der Waals surface area contributed by atoms with E-state index >= 15 is 0 Å². The van der Waals surface area contributed by atoms with Gasteiger partial charge in [-0.2, -0.15) is 5.10 Å². The molecule has 0 amide bonds. The second kappa shape index (κ2) is 3.91. The molecule has 3 aromatic heterocycles. The van der Waals surface area contributed by atoms with Crippen LogP contribution in [0.25, 0.3) is 17.0 Å². The van der Waals surface area contributed by atoms with Crippen molar-refractivity contribution in [3.05, 3.63) is 36.5 Å². The molecule has 0 N–H and O–H groups in total. The predicted molar refractivity (Wildman–Crippen MR) is 73.9 cm³/mol. The van der Waals surface area contributed by atoms with Crippen LogP contribution in [0.2, 0.25) is 0 Å². The average molecular weight is 255 g/mol. The van der Waals surface area contributed by atoms with E-state index in [9.17, 15) is 0 Å². The van der Waals surface area contributed by atoms with Crippen molar-refractivity contribution in [3.8, 4) is 11.4 Å². The molecule has 5 heteroatoms. The Balaban J connectivity index is 2.25. The maximum atomic E-state index is 4.52. The average Bonchev–Trinajstić information content (AvgIpc) is 2.92. The molecule has 0 spiro atoms. The third-order valence-electron chi connectivity index (χ3n) is 3.11. The van der Waals surface area contributed by atoms with E-state index in [-0.39, 0.29) is 5.41 Å². The van der Waals surface area contributed by atoms with Crippen LogP contribution in [0.15, 0.2) is 30.9 Å². The molecule has 0 bridgehead atoms. The molecule has 98 valence electrons. The van der Waals surface area contributed by atoms with Crippen LogP contribution in [0.4, 0.5) is 0 Å². The van der Waals surface area contributed by atoms with Gasteiger partial charge in [0.2, 0.25) is 0 Å². The molecule has 0 fully saturated rings. The topological polar surface area (TPSA) is 48.0 Å². The van der Waals surface area contributed by atoms with Crippen LogP contribution >= 0.6 is 0 Å². The van der Waals surface area contributed by atoms with Crippen LogP contribution in [0.3, 0.4) is 0 Å². The van der Waals surface area contributed by atoms with Gasteiger partial charge in [-0.3, -0.25) is 14.1 Å². The van der Waals surface area contributed by atoms with Gasteiger partial charge in [0.25, 0.3) is 0 Å². The number of aromatic nitrogens is 5. The summed E-state index contributed by atoms with van der Waals surface area (Å²) in [5, 5.41) is 4.43. The number of rotatable bonds is 1. The van der Waals surface area contributed by atoms with Crippen molar-refractivity contribution >= 4 is 5.65 Å². The van der Waals surface area contributed by atoms with Crippen LogP contribution < -0.4 is 0 Å². The van der Waals surface area contributed by atoms with Crippen molar-refractivity contribution in [2.75, 3.05) is 0 Å². The molecule has 0 saturated heterocycles. The number of imidazole rings is 1. The van der Waals surface area contributed by atoms with Gasteiger partial charge in [-0.15, -0.1) is 0 Å². The first-order valence-corrected chi connectivity index (χ1v) is 6.29. The zero-order valence-corrected chi connectivity index (χ0v) is 11.6. The Morgan fingerprint density at radius 3 is 2.53 bits per heavy atom. The highest BCUT2D eigenvalue weighted by Gasteiger charge is 2.21. The monoisotopic (exact) mass is 255 g/mol. The highest BCUT2D eigenvalue weighted by atomic mass is 15.3. The molecule has 0 aromatic carbocycles. The summed E-state index contributed by atoms with van der Waals surface area (Å²) in [7, 11) is 1.91. The summed E-state index contributed by atoms with van der Waals surface area (Å²) >= 11 is 0. The first-order chi connectivity index (χ1) is 8.97. The normalized spacial score (nSPS) is 12.2. The standard InChI is InChI=1S/C14H17N5/c1-14(2,3)12-13-16-9-11(19(13)8-6-15-12)10-5-7-18(4)17-10/h5-9H,1-4H3. The summed E-state index contributed by atoms with van der Waals surface area (Å²) in [4.78, 5) is 9.00. The van der Waals surface area contributed by atoms with E-state index in [1.54, 1.807) is 4.68 Å². The van der Waals surface area contributed by atoms with E-state index in [1.165, 1.54) is 0 Å². The van der Waals surface area contributed by atoms with Gasteiger partial charge in [0.05, 0.1) is 17.6 Å². The fourth-order valence-electron chi connectivity index (χ4n) is 2.19. The first kappa shape index (κ1) is 11.9. The Bertz CT molecular complexity index is 730. The van der Waals surface area contributed by atoms with E-state index in [0.29, 0.717) is 0 Å². The van der Waals surface area contributed by atoms with E-state index < -0.39 is 0 Å². The fraction of sp³-hybridized carbons (Fsp3) is 0.357. The van der Waals surface area contributed by atoms with Crippen molar-refractivity contribution < 1.29 is 0 Å². The lowest BCUT2D eigenvalue weighted by atomic mass is 9.92. The summed E-state index contributed by atoms with van der Waals surface area (Å²) in [6.45, 7) is 6.43. The smallest absolute Gasteiger partial charge is 0.159 e. The highest BCUT2D eigenvalue weighted by Crippen LogP contribution is 2.26. The molecule has 0 aliphatic heterocycles. The van der Waals surface area contributed by atoms with Crippen molar-refractivity contribution in [1.82, 2.24) is 24.1 Å². The molecule has 3 heterocycles. The maximum Gasteiger partial charge on any atom is 0.159 e. The first-order valence-electron chi connectivity index (χ1n) is 6.29. The summed E-state index contributed by atoms with van der Waals surface area (Å²) < 4.78 is 3.84. The molecule has 0 unspecified atom stereocenters. The van der Waals surface area contributed by atoms with E-state index in [0.717, 1.165) is 22.7 Å². The van der Waals surface area contributed by atoms with Gasteiger partial charge < -0.3 is 0 Å². The number of hydrogen-bond acceptors (Lipinski definition) is 3. The summed E-state index contributed by atoms with van der Waals surface area (Å²) in [5.74, 6) is 0. The molecule has 0 saturated carbocycles. The van der Waals surface area contributed by atoms with Gasteiger partial charge >= 0.3 is 0 Å². The molecular weight excluding hydrogens is 238 g/mol. The zero-order chi connectivity index (χ0) is 13.6. The Kier molecular flexibility index (Phi) is 2.45. The fourth-order valence-corrected chi connectivity index (χ4v) is 2.19. The molecule has 0 aliphatic rings. The molecule has 3 aromatic rings. The Morgan fingerprint density at radius 2 is 1.89 bits per heavy atom. The van der Waals surface area contributed by atoms with Crippen LogP contribution in [0, 0.1) is 0 Å². The molecule has 19 heavy (non-hydrogen) atoms. The minimum absolute atomic E-state index is 0.0325. The SMILES string of the molecule is Cn1ccc(-c2cnc3c(C(C)(C)C)nccn23)n1. The number of fused-ring (bicyclic) bond motifs is 1. The minimum atomic E-state index is -0.0325. The van der Waals surface area contributed by atoms with Crippen LogP contribution in [-0.4, -0.2) is 24.1 Å². The third kappa shape index (κ3) is 1.91. The van der Waals surface area contributed by atoms with Gasteiger partial charge in [-0.1, -0.05) is 20.8 Å². The van der Waals surface area contributed by atoms with Gasteiger partial charge in [-0.25, -0.2) is 4.98 Å². The quantitative estimate of drug-likeness (QED) is 0.671. The molecule has 0 aliphatic carbocycles. The number of aryl methyl sites for hydroxylation is 1. The van der Waals surface area contributed by atoms with Crippen molar-refractivity contribution in [3.63, 3.8) is 0 Å². The van der Waals surface area contributed by atoms with Crippen molar-refractivity contribution in [2.45, 2.75) is 26.2 Å². The van der Waals surface area contributed by atoms with Crippen molar-refractivity contribution in [2.24, 2.45) is 7.05 Å². The van der Waals surface area contributed by atoms with Gasteiger partial charge in [0, 0.05) is 31.1 Å². The van der Waals surface area contributed by atoms with E-state index in [2.05, 4.69) is 40.2 Å². The predicted octanol–water partition coefficient (Wildman–Crippen LogP) is 2.43. The Labute approximate surface area is 111 Å². The second-order valence-corrected chi connectivity index (χ2v) is 5.74. The van der Waals surface area contributed by atoms with Crippen LogP contribution in [0.1, 0.15) is 26.5 Å². The van der Waals surface area contributed by atoms with E-state index in [1.807, 2.05) is 37.9 Å². The van der Waals surface area contributed by atoms with Gasteiger partial charge in [0.1, 0.15) is 5.69 Å². The summed E-state index contributed by atoms with van der Waals surface area (Å²) in [6, 6.07) is 1.99. The van der Waals surface area contributed by atoms with E-state index in [4.69, 9.17) is 0 Å². The zero-order valence-electron chi connectivity index (χ0n) is 11.6. The molecule has 5 nitrogen and oxygen atoms in total. The largest absolute Gasteiger partial charge is 0.295 e. The molecule has 3 rings (SSSR count). The lowest BCUT2D eigenvalue weighted by Crippen LogP contribution is -2.15. The molecular formula is C14H17N5. The van der Waals surface area contributed by atoms with Gasteiger partial charge in [0.15, 0.2) is 5.65 Å². The summed E-state index contributed by atoms with van der Waals surface area (Å²) in [5.41, 5.74) is 3.77. The second-order valence-electron chi connectivity index (χ2n) is 5.74. The summed E-state index contributed by atoms with van der Waals surface area (Å²) in [6.07, 6.45) is 7.54. The highest BCUT2D eigenvalue weighted by molar-refractivity contribution is 5.61. The number of nitrogens with zero attached hydrogens (tertiary/aromatic N) is 5. The Morgan fingerprint density at radius 1 is 1.11 bits per heavy atom. The third-order valence-corrected chi connectivity index (χ3v) is 3.11. The molecule has 0 atom stereocenters. The lowest BCUT2D eigenvalue weighted by molar-refractivity contribution is 0.570. The van der Waals surface area contributed by atoms with Crippen LogP contribution in [0.5, 0.6) is 0 Å². The molecule has 0 radical (unpaired) electrons. The lowest BCUT2D eigenvalue weighted by Gasteiger charge is -2.17. The minimum Gasteiger partial charge on any atom is -0.295 e.